The zero-order valence-corrected chi connectivity index (χ0v) is 17.9. The number of nitrogens with zero attached hydrogens (tertiary/aromatic N) is 3. The monoisotopic (exact) mass is 440 g/mol. The van der Waals surface area contributed by atoms with Crippen LogP contribution in [0, 0.1) is 0 Å². The fourth-order valence-electron chi connectivity index (χ4n) is 3.26. The Bertz CT molecular complexity index is 1320. The molecule has 0 unspecified atom stereocenters. The summed E-state index contributed by atoms with van der Waals surface area (Å²) in [6, 6.07) is 15.2. The van der Waals surface area contributed by atoms with Gasteiger partial charge in [-0.15, -0.1) is 11.3 Å². The number of thiazole rings is 1. The van der Waals surface area contributed by atoms with E-state index in [4.69, 9.17) is 5.14 Å². The molecule has 0 fully saturated rings. The Morgan fingerprint density at radius 1 is 1.03 bits per heavy atom. The molecule has 0 atom stereocenters. The van der Waals surface area contributed by atoms with Crippen LogP contribution >= 0.6 is 11.3 Å². The van der Waals surface area contributed by atoms with Gasteiger partial charge in [0.25, 0.3) is 10.0 Å². The summed E-state index contributed by atoms with van der Waals surface area (Å²) in [5.41, 5.74) is 2.64. The number of hydrogen-bond donors (Lipinski definition) is 2. The quantitative estimate of drug-likeness (QED) is 0.465. The molecule has 4 aromatic rings. The number of aromatic nitrogens is 3. The minimum Gasteiger partial charge on any atom is -0.493 e. The smallest absolute Gasteiger partial charge is 0.265 e. The van der Waals surface area contributed by atoms with Gasteiger partial charge in [-0.05, 0) is 30.0 Å². The number of aromatic hydroxyl groups is 1. The second-order valence-corrected chi connectivity index (χ2v) is 9.66. The molecule has 2 aromatic carbocycles. The molecule has 3 N–H and O–H groups in total. The van der Waals surface area contributed by atoms with Gasteiger partial charge in [-0.3, -0.25) is 0 Å². The summed E-state index contributed by atoms with van der Waals surface area (Å²) >= 11 is 1.03. The summed E-state index contributed by atoms with van der Waals surface area (Å²) < 4.78 is 23.5. The Balaban J connectivity index is 1.90. The highest BCUT2D eigenvalue weighted by molar-refractivity contribution is 7.91. The zero-order valence-electron chi connectivity index (χ0n) is 16.2. The molecule has 0 bridgehead atoms. The van der Waals surface area contributed by atoms with Gasteiger partial charge in [-0.2, -0.15) is 4.98 Å². The normalized spacial score (nSPS) is 11.8. The molecule has 0 aliphatic rings. The Kier molecular flexibility index (Phi) is 5.50. The van der Waals surface area contributed by atoms with Crippen molar-refractivity contribution in [1.29, 1.82) is 0 Å². The van der Waals surface area contributed by atoms with E-state index in [2.05, 4.69) is 15.0 Å². The Hall–Kier alpha value is -2.88. The third kappa shape index (κ3) is 3.91. The van der Waals surface area contributed by atoms with Crippen molar-refractivity contribution in [2.24, 2.45) is 5.14 Å². The molecule has 2 aromatic heterocycles. The first-order valence-electron chi connectivity index (χ1n) is 9.46. The van der Waals surface area contributed by atoms with Crippen LogP contribution < -0.4 is 5.14 Å². The van der Waals surface area contributed by atoms with Gasteiger partial charge in [-0.1, -0.05) is 55.8 Å². The van der Waals surface area contributed by atoms with E-state index in [1.165, 1.54) is 0 Å². The van der Waals surface area contributed by atoms with E-state index in [9.17, 15) is 13.5 Å². The summed E-state index contributed by atoms with van der Waals surface area (Å²) in [4.78, 5) is 13.8. The molecular formula is C21H20N4O3S2. The molecule has 0 aliphatic carbocycles. The van der Waals surface area contributed by atoms with Crippen LogP contribution in [0.15, 0.2) is 52.9 Å². The van der Waals surface area contributed by atoms with E-state index < -0.39 is 10.0 Å². The highest BCUT2D eigenvalue weighted by Gasteiger charge is 2.23. The highest BCUT2D eigenvalue weighted by Crippen LogP contribution is 2.36. The number of benzene rings is 2. The van der Waals surface area contributed by atoms with Gasteiger partial charge in [0.05, 0.1) is 10.9 Å². The number of aryl methyl sites for hydroxylation is 1. The summed E-state index contributed by atoms with van der Waals surface area (Å²) in [6.45, 7) is 2.05. The maximum absolute atomic E-state index is 11.8. The molecule has 0 saturated heterocycles. The molecule has 154 valence electrons. The molecule has 0 saturated carbocycles. The van der Waals surface area contributed by atoms with E-state index in [1.807, 2.05) is 49.4 Å². The van der Waals surface area contributed by atoms with Crippen molar-refractivity contribution < 1.29 is 13.5 Å². The molecule has 4 rings (SSSR count). The molecule has 0 spiro atoms. The van der Waals surface area contributed by atoms with Crippen molar-refractivity contribution in [3.8, 4) is 28.5 Å². The first kappa shape index (κ1) is 20.4. The van der Waals surface area contributed by atoms with Crippen molar-refractivity contribution in [3.05, 3.63) is 53.4 Å². The fraction of sp³-hybridized carbons (Fsp3) is 0.190. The first-order valence-corrected chi connectivity index (χ1v) is 11.8. The number of rotatable bonds is 6. The van der Waals surface area contributed by atoms with E-state index in [0.717, 1.165) is 40.2 Å². The van der Waals surface area contributed by atoms with Crippen LogP contribution in [-0.4, -0.2) is 28.5 Å². The van der Waals surface area contributed by atoms with E-state index in [0.29, 0.717) is 23.0 Å². The Morgan fingerprint density at radius 2 is 1.80 bits per heavy atom. The van der Waals surface area contributed by atoms with Gasteiger partial charge in [0.15, 0.2) is 5.82 Å². The number of sulfonamides is 1. The average molecular weight is 441 g/mol. The molecule has 7 nitrogen and oxygen atoms in total. The Morgan fingerprint density at radius 3 is 2.50 bits per heavy atom. The second-order valence-electron chi connectivity index (χ2n) is 6.84. The number of unbranched alkanes of at least 4 members (excludes halogenated alkanes) is 1. The molecule has 0 aliphatic heterocycles. The number of nitrogens with two attached hydrogens (primary N) is 1. The van der Waals surface area contributed by atoms with Crippen molar-refractivity contribution in [2.75, 3.05) is 0 Å². The minimum atomic E-state index is -3.94. The zero-order chi connectivity index (χ0) is 21.3. The van der Waals surface area contributed by atoms with E-state index in [1.54, 1.807) is 6.07 Å². The summed E-state index contributed by atoms with van der Waals surface area (Å²) in [6.07, 6.45) is 2.43. The maximum Gasteiger partial charge on any atom is 0.265 e. The number of hydrogen-bond acceptors (Lipinski definition) is 7. The van der Waals surface area contributed by atoms with E-state index in [-0.39, 0.29) is 16.0 Å². The van der Waals surface area contributed by atoms with Crippen LogP contribution in [0.3, 0.4) is 0 Å². The van der Waals surface area contributed by atoms with Gasteiger partial charge in [0, 0.05) is 4.88 Å². The topological polar surface area (TPSA) is 119 Å². The predicted octanol–water partition coefficient (Wildman–Crippen LogP) is 4.12. The van der Waals surface area contributed by atoms with Crippen molar-refractivity contribution in [3.63, 3.8) is 0 Å². The largest absolute Gasteiger partial charge is 0.493 e. The lowest BCUT2D eigenvalue weighted by Crippen LogP contribution is -2.11. The van der Waals surface area contributed by atoms with Crippen LogP contribution in [0.1, 0.15) is 24.6 Å². The van der Waals surface area contributed by atoms with Gasteiger partial charge in [0.2, 0.25) is 10.2 Å². The van der Waals surface area contributed by atoms with Crippen molar-refractivity contribution in [1.82, 2.24) is 15.0 Å². The molecule has 9 heteroatoms. The molecule has 0 radical (unpaired) electrons. The van der Waals surface area contributed by atoms with Gasteiger partial charge >= 0.3 is 0 Å². The Labute approximate surface area is 178 Å². The molecule has 0 amide bonds. The minimum absolute atomic E-state index is 0.176. The van der Waals surface area contributed by atoms with Crippen molar-refractivity contribution >= 4 is 32.3 Å². The van der Waals surface area contributed by atoms with Crippen LogP contribution in [0.2, 0.25) is 0 Å². The average Bonchev–Trinajstić information content (AvgIpc) is 3.17. The maximum atomic E-state index is 11.8. The first-order chi connectivity index (χ1) is 14.4. The summed E-state index contributed by atoms with van der Waals surface area (Å²) in [5.74, 6) is 0.00325. The lowest BCUT2D eigenvalue weighted by Gasteiger charge is -2.09. The van der Waals surface area contributed by atoms with Crippen LogP contribution in [0.4, 0.5) is 0 Å². The lowest BCUT2D eigenvalue weighted by molar-refractivity contribution is 0.460. The third-order valence-corrected chi connectivity index (χ3v) is 7.11. The SMILES string of the molecule is CCCCc1sc(S(N)(=O)=O)nc1-c1nc(O)c2c(-c3ccccc3)cccc2n1. The number of fused-ring (bicyclic) bond motifs is 1. The molecular weight excluding hydrogens is 420 g/mol. The highest BCUT2D eigenvalue weighted by atomic mass is 32.2. The standard InChI is InChI=1S/C21H20N4O3S2/c1-2-3-12-16-18(24-21(29-16)30(22,27)28)19-23-15-11-7-10-14(17(15)20(26)25-19)13-8-5-4-6-9-13/h4-11H,2-3,12H2,1H3,(H2,22,27,28)(H,23,25,26). The third-order valence-electron chi connectivity index (χ3n) is 4.68. The number of primary sulfonamides is 1. The van der Waals surface area contributed by atoms with Crippen LogP contribution in [0.25, 0.3) is 33.5 Å². The molecule has 30 heavy (non-hydrogen) atoms. The van der Waals surface area contributed by atoms with E-state index >= 15 is 0 Å². The van der Waals surface area contributed by atoms with Crippen LogP contribution in [-0.2, 0) is 16.4 Å². The predicted molar refractivity (Wildman–Crippen MR) is 118 cm³/mol. The van der Waals surface area contributed by atoms with Gasteiger partial charge in [-0.25, -0.2) is 23.5 Å². The summed E-state index contributed by atoms with van der Waals surface area (Å²) in [5, 5.41) is 16.6. The fourth-order valence-corrected chi connectivity index (χ4v) is 5.07. The van der Waals surface area contributed by atoms with Crippen LogP contribution in [0.5, 0.6) is 5.88 Å². The summed E-state index contributed by atoms with van der Waals surface area (Å²) in [7, 11) is -3.94. The van der Waals surface area contributed by atoms with Gasteiger partial charge in [0.1, 0.15) is 5.69 Å². The van der Waals surface area contributed by atoms with Crippen molar-refractivity contribution in [2.45, 2.75) is 30.5 Å². The lowest BCUT2D eigenvalue weighted by atomic mass is 10.0. The molecule has 2 heterocycles. The van der Waals surface area contributed by atoms with Gasteiger partial charge < -0.3 is 5.11 Å². The second kappa shape index (κ2) is 8.10.